The molecule has 0 aliphatic heterocycles. The molecule has 106 valence electrons. The molecule has 1 aromatic carbocycles. The Balaban J connectivity index is 2.28. The van der Waals surface area contributed by atoms with Gasteiger partial charge in [0.15, 0.2) is 9.84 Å². The summed E-state index contributed by atoms with van der Waals surface area (Å²) < 4.78 is 26.0. The van der Waals surface area contributed by atoms with Crippen LogP contribution < -0.4 is 0 Å². The Morgan fingerprint density at radius 3 is 2.75 bits per heavy atom. The SMILES string of the molecule is O=C(O)c1ccc(Cl)c(S(=O)(=O)CCn2ccnc2)c1. The second kappa shape index (κ2) is 5.64. The Hall–Kier alpha value is -1.86. The van der Waals surface area contributed by atoms with Gasteiger partial charge in [-0.05, 0) is 18.2 Å². The molecule has 2 rings (SSSR count). The topological polar surface area (TPSA) is 89.3 Å². The number of aromatic carboxylic acids is 1. The molecule has 0 aliphatic rings. The number of carbonyl (C=O) groups is 1. The molecule has 0 unspecified atom stereocenters. The molecule has 0 radical (unpaired) electrons. The summed E-state index contributed by atoms with van der Waals surface area (Å²) in [6.07, 6.45) is 4.69. The van der Waals surface area contributed by atoms with Gasteiger partial charge in [-0.1, -0.05) is 11.6 Å². The smallest absolute Gasteiger partial charge is 0.335 e. The predicted molar refractivity (Wildman–Crippen MR) is 72.7 cm³/mol. The van der Waals surface area contributed by atoms with Gasteiger partial charge in [-0.15, -0.1) is 0 Å². The monoisotopic (exact) mass is 314 g/mol. The summed E-state index contributed by atoms with van der Waals surface area (Å²) in [5.74, 6) is -1.39. The lowest BCUT2D eigenvalue weighted by Gasteiger charge is -2.08. The van der Waals surface area contributed by atoms with Crippen LogP contribution >= 0.6 is 11.6 Å². The fourth-order valence-electron chi connectivity index (χ4n) is 1.63. The van der Waals surface area contributed by atoms with Crippen molar-refractivity contribution in [2.75, 3.05) is 5.75 Å². The zero-order valence-electron chi connectivity index (χ0n) is 10.2. The third-order valence-corrected chi connectivity index (χ3v) is 4.86. The van der Waals surface area contributed by atoms with E-state index in [4.69, 9.17) is 16.7 Å². The summed E-state index contributed by atoms with van der Waals surface area (Å²) in [4.78, 5) is 14.5. The minimum absolute atomic E-state index is 0.0145. The zero-order valence-corrected chi connectivity index (χ0v) is 11.8. The summed E-state index contributed by atoms with van der Waals surface area (Å²) in [5.41, 5.74) is -0.115. The summed E-state index contributed by atoms with van der Waals surface area (Å²) in [6, 6.07) is 3.61. The van der Waals surface area contributed by atoms with Crippen molar-refractivity contribution in [3.8, 4) is 0 Å². The number of aryl methyl sites for hydroxylation is 1. The van der Waals surface area contributed by atoms with E-state index in [2.05, 4.69) is 4.98 Å². The van der Waals surface area contributed by atoms with E-state index in [1.807, 2.05) is 0 Å². The van der Waals surface area contributed by atoms with Gasteiger partial charge in [0.1, 0.15) is 0 Å². The maximum Gasteiger partial charge on any atom is 0.335 e. The van der Waals surface area contributed by atoms with Gasteiger partial charge < -0.3 is 9.67 Å². The molecular weight excluding hydrogens is 304 g/mol. The molecule has 0 bridgehead atoms. The van der Waals surface area contributed by atoms with Crippen LogP contribution in [0, 0.1) is 0 Å². The molecule has 20 heavy (non-hydrogen) atoms. The normalized spacial score (nSPS) is 11.4. The van der Waals surface area contributed by atoms with Crippen molar-refractivity contribution in [2.24, 2.45) is 0 Å². The highest BCUT2D eigenvalue weighted by Crippen LogP contribution is 2.24. The van der Waals surface area contributed by atoms with Crippen LogP contribution in [0.3, 0.4) is 0 Å². The summed E-state index contributed by atoms with van der Waals surface area (Å²) in [7, 11) is -3.67. The van der Waals surface area contributed by atoms with Crippen LogP contribution in [0.15, 0.2) is 41.8 Å². The standard InChI is InChI=1S/C12H11ClN2O4S/c13-10-2-1-9(12(16)17)7-11(10)20(18,19)6-5-15-4-3-14-8-15/h1-4,7-8H,5-6H2,(H,16,17). The Morgan fingerprint density at radius 1 is 1.40 bits per heavy atom. The Bertz CT molecular complexity index is 726. The van der Waals surface area contributed by atoms with Gasteiger partial charge in [-0.3, -0.25) is 0 Å². The molecule has 0 spiro atoms. The Kier molecular flexibility index (Phi) is 4.10. The van der Waals surface area contributed by atoms with Crippen molar-refractivity contribution in [3.05, 3.63) is 47.5 Å². The van der Waals surface area contributed by atoms with E-state index in [1.165, 1.54) is 18.5 Å². The van der Waals surface area contributed by atoms with Crippen molar-refractivity contribution >= 4 is 27.4 Å². The van der Waals surface area contributed by atoms with Crippen molar-refractivity contribution in [2.45, 2.75) is 11.4 Å². The predicted octanol–water partition coefficient (Wildman–Crippen LogP) is 1.71. The molecule has 0 saturated heterocycles. The van der Waals surface area contributed by atoms with Gasteiger partial charge in [0.05, 0.1) is 27.6 Å². The number of imidazole rings is 1. The Morgan fingerprint density at radius 2 is 2.15 bits per heavy atom. The van der Waals surface area contributed by atoms with Crippen molar-refractivity contribution in [3.63, 3.8) is 0 Å². The van der Waals surface area contributed by atoms with E-state index in [0.717, 1.165) is 6.07 Å². The van der Waals surface area contributed by atoms with Crippen molar-refractivity contribution in [1.82, 2.24) is 9.55 Å². The molecule has 0 fully saturated rings. The van der Waals surface area contributed by atoms with Crippen molar-refractivity contribution < 1.29 is 18.3 Å². The van der Waals surface area contributed by atoms with Crippen LogP contribution in [0.1, 0.15) is 10.4 Å². The van der Waals surface area contributed by atoms with Crippen LogP contribution in [0.4, 0.5) is 0 Å². The third-order valence-electron chi connectivity index (χ3n) is 2.69. The quantitative estimate of drug-likeness (QED) is 0.907. The number of hydrogen-bond acceptors (Lipinski definition) is 4. The Labute approximate surface area is 120 Å². The highest BCUT2D eigenvalue weighted by molar-refractivity contribution is 7.91. The first-order valence-corrected chi connectivity index (χ1v) is 7.64. The van der Waals surface area contributed by atoms with Crippen LogP contribution in [0.2, 0.25) is 5.02 Å². The van der Waals surface area contributed by atoms with E-state index >= 15 is 0 Å². The van der Waals surface area contributed by atoms with E-state index in [9.17, 15) is 13.2 Å². The average molecular weight is 315 g/mol. The average Bonchev–Trinajstić information content (AvgIpc) is 2.89. The fourth-order valence-corrected chi connectivity index (χ4v) is 3.44. The zero-order chi connectivity index (χ0) is 14.8. The molecule has 2 aromatic rings. The molecule has 0 amide bonds. The minimum atomic E-state index is -3.67. The summed E-state index contributed by atoms with van der Waals surface area (Å²) in [5, 5.41) is 8.91. The molecule has 0 atom stereocenters. The van der Waals surface area contributed by atoms with Gasteiger partial charge in [-0.25, -0.2) is 18.2 Å². The van der Waals surface area contributed by atoms with Crippen LogP contribution in [0.25, 0.3) is 0 Å². The molecule has 6 nitrogen and oxygen atoms in total. The molecule has 1 aromatic heterocycles. The second-order valence-electron chi connectivity index (χ2n) is 4.07. The van der Waals surface area contributed by atoms with Crippen molar-refractivity contribution in [1.29, 1.82) is 0 Å². The van der Waals surface area contributed by atoms with Crippen LogP contribution in [0.5, 0.6) is 0 Å². The number of halogens is 1. The van der Waals surface area contributed by atoms with Crippen LogP contribution in [-0.2, 0) is 16.4 Å². The minimum Gasteiger partial charge on any atom is -0.478 e. The maximum atomic E-state index is 12.2. The van der Waals surface area contributed by atoms with Gasteiger partial charge >= 0.3 is 5.97 Å². The third kappa shape index (κ3) is 3.17. The van der Waals surface area contributed by atoms with Gasteiger partial charge in [0, 0.05) is 18.9 Å². The van der Waals surface area contributed by atoms with E-state index in [0.29, 0.717) is 0 Å². The number of carboxylic acids is 1. The number of nitrogens with zero attached hydrogens (tertiary/aromatic N) is 2. The lowest BCUT2D eigenvalue weighted by atomic mass is 10.2. The fraction of sp³-hybridized carbons (Fsp3) is 0.167. The van der Waals surface area contributed by atoms with Crippen LogP contribution in [-0.4, -0.2) is 34.8 Å². The summed E-state index contributed by atoms with van der Waals surface area (Å²) in [6.45, 7) is 0.218. The first kappa shape index (κ1) is 14.5. The highest BCUT2D eigenvalue weighted by atomic mass is 35.5. The van der Waals surface area contributed by atoms with Gasteiger partial charge in [0.25, 0.3) is 0 Å². The second-order valence-corrected chi connectivity index (χ2v) is 6.55. The lowest BCUT2D eigenvalue weighted by molar-refractivity contribution is 0.0696. The van der Waals surface area contributed by atoms with Gasteiger partial charge in [0.2, 0.25) is 0 Å². The summed E-state index contributed by atoms with van der Waals surface area (Å²) >= 11 is 5.85. The van der Waals surface area contributed by atoms with E-state index in [-0.39, 0.29) is 27.8 Å². The molecule has 1 heterocycles. The number of carboxylic acid groups (broad SMARTS) is 1. The maximum absolute atomic E-state index is 12.2. The first-order valence-electron chi connectivity index (χ1n) is 5.61. The number of sulfone groups is 1. The molecule has 0 aliphatic carbocycles. The highest BCUT2D eigenvalue weighted by Gasteiger charge is 2.20. The van der Waals surface area contributed by atoms with E-state index < -0.39 is 15.8 Å². The van der Waals surface area contributed by atoms with E-state index in [1.54, 1.807) is 17.0 Å². The first-order chi connectivity index (χ1) is 9.40. The lowest BCUT2D eigenvalue weighted by Crippen LogP contribution is -2.13. The molecule has 8 heteroatoms. The molecule has 0 saturated carbocycles. The number of rotatable bonds is 5. The molecular formula is C12H11ClN2O4S. The largest absolute Gasteiger partial charge is 0.478 e. The number of hydrogen-bond donors (Lipinski definition) is 1. The van der Waals surface area contributed by atoms with Gasteiger partial charge in [-0.2, -0.15) is 0 Å². The number of aromatic nitrogens is 2. The number of benzene rings is 1. The molecule has 1 N–H and O–H groups in total.